The Hall–Kier alpha value is -1.81. The minimum atomic E-state index is -0.915. The van der Waals surface area contributed by atoms with E-state index in [2.05, 4.69) is 5.32 Å². The largest absolute Gasteiger partial charge is 0.399 e. The molecule has 88 valence electrons. The summed E-state index contributed by atoms with van der Waals surface area (Å²) in [6, 6.07) is 8.42. The number of halogens is 3. The first-order valence-corrected chi connectivity index (χ1v) is 5.21. The van der Waals surface area contributed by atoms with Crippen LogP contribution in [0.25, 0.3) is 0 Å². The third-order valence-corrected chi connectivity index (χ3v) is 2.50. The molecule has 0 bridgehead atoms. The zero-order chi connectivity index (χ0) is 12.4. The van der Waals surface area contributed by atoms with E-state index in [1.165, 1.54) is 6.07 Å². The van der Waals surface area contributed by atoms with Crippen molar-refractivity contribution in [2.45, 2.75) is 0 Å². The number of hydrogen-bond donors (Lipinski definition) is 2. The van der Waals surface area contributed by atoms with Crippen LogP contribution in [0.4, 0.5) is 25.8 Å². The van der Waals surface area contributed by atoms with Crippen molar-refractivity contribution in [2.75, 3.05) is 11.1 Å². The Labute approximate surface area is 102 Å². The van der Waals surface area contributed by atoms with Gasteiger partial charge in [0, 0.05) is 17.4 Å². The average Bonchev–Trinajstić information content (AvgIpc) is 2.27. The van der Waals surface area contributed by atoms with Gasteiger partial charge in [-0.2, -0.15) is 0 Å². The molecule has 0 unspecified atom stereocenters. The van der Waals surface area contributed by atoms with Crippen molar-refractivity contribution in [3.63, 3.8) is 0 Å². The molecule has 0 heterocycles. The number of rotatable bonds is 2. The zero-order valence-electron chi connectivity index (χ0n) is 8.68. The highest BCUT2D eigenvalue weighted by Gasteiger charge is 2.05. The molecule has 0 saturated heterocycles. The molecule has 2 rings (SSSR count). The number of nitrogens with one attached hydrogen (secondary N) is 1. The van der Waals surface area contributed by atoms with Gasteiger partial charge in [0.2, 0.25) is 0 Å². The van der Waals surface area contributed by atoms with Crippen molar-refractivity contribution in [3.8, 4) is 0 Å². The van der Waals surface area contributed by atoms with Crippen molar-refractivity contribution >= 4 is 28.7 Å². The van der Waals surface area contributed by atoms with E-state index in [4.69, 9.17) is 17.3 Å². The Morgan fingerprint density at radius 2 is 1.76 bits per heavy atom. The SMILES string of the molecule is Nc1ccc(Nc2ccc(F)c(F)c2)c(Cl)c1. The fourth-order valence-corrected chi connectivity index (χ4v) is 1.60. The standard InChI is InChI=1S/C12H9ClF2N2/c13-9-5-7(16)1-4-12(9)17-8-2-3-10(14)11(15)6-8/h1-6,17H,16H2. The maximum atomic E-state index is 13.0. The smallest absolute Gasteiger partial charge is 0.160 e. The maximum absolute atomic E-state index is 13.0. The van der Waals surface area contributed by atoms with Crippen LogP contribution >= 0.6 is 11.6 Å². The lowest BCUT2D eigenvalue weighted by Crippen LogP contribution is -1.94. The molecule has 0 amide bonds. The third kappa shape index (κ3) is 2.65. The van der Waals surface area contributed by atoms with Gasteiger partial charge in [0.15, 0.2) is 11.6 Å². The van der Waals surface area contributed by atoms with Gasteiger partial charge in [-0.1, -0.05) is 11.6 Å². The topological polar surface area (TPSA) is 38.0 Å². The van der Waals surface area contributed by atoms with Gasteiger partial charge in [0.1, 0.15) is 0 Å². The second-order valence-corrected chi connectivity index (χ2v) is 3.90. The molecule has 0 aliphatic carbocycles. The lowest BCUT2D eigenvalue weighted by Gasteiger charge is -2.09. The summed E-state index contributed by atoms with van der Waals surface area (Å²) in [5.74, 6) is -1.81. The van der Waals surface area contributed by atoms with Crippen LogP contribution in [0.5, 0.6) is 0 Å². The molecular weight excluding hydrogens is 246 g/mol. The van der Waals surface area contributed by atoms with Crippen LogP contribution in [0.1, 0.15) is 0 Å². The second-order valence-electron chi connectivity index (χ2n) is 3.49. The molecule has 0 saturated carbocycles. The molecule has 0 aliphatic rings. The molecule has 0 atom stereocenters. The molecule has 2 nitrogen and oxygen atoms in total. The van der Waals surface area contributed by atoms with Crippen LogP contribution < -0.4 is 11.1 Å². The summed E-state index contributed by atoms with van der Waals surface area (Å²) in [7, 11) is 0. The number of nitrogen functional groups attached to an aromatic ring is 1. The number of nitrogens with two attached hydrogens (primary N) is 1. The van der Waals surface area contributed by atoms with E-state index in [0.29, 0.717) is 22.1 Å². The van der Waals surface area contributed by atoms with Gasteiger partial charge in [0.05, 0.1) is 10.7 Å². The van der Waals surface area contributed by atoms with Gasteiger partial charge in [-0.25, -0.2) is 8.78 Å². The highest BCUT2D eigenvalue weighted by Crippen LogP contribution is 2.27. The summed E-state index contributed by atoms with van der Waals surface area (Å²) in [5, 5.41) is 3.29. The van der Waals surface area contributed by atoms with E-state index in [0.717, 1.165) is 12.1 Å². The van der Waals surface area contributed by atoms with Gasteiger partial charge in [0.25, 0.3) is 0 Å². The average molecular weight is 255 g/mol. The third-order valence-electron chi connectivity index (χ3n) is 2.19. The van der Waals surface area contributed by atoms with Crippen LogP contribution in [-0.4, -0.2) is 0 Å². The number of anilines is 3. The predicted molar refractivity (Wildman–Crippen MR) is 65.5 cm³/mol. The Morgan fingerprint density at radius 3 is 2.41 bits per heavy atom. The predicted octanol–water partition coefficient (Wildman–Crippen LogP) is 3.94. The Kier molecular flexibility index (Phi) is 3.15. The Morgan fingerprint density at radius 1 is 1.00 bits per heavy atom. The van der Waals surface area contributed by atoms with E-state index in [1.807, 2.05) is 0 Å². The lowest BCUT2D eigenvalue weighted by molar-refractivity contribution is 0.509. The van der Waals surface area contributed by atoms with Crippen LogP contribution in [0.3, 0.4) is 0 Å². The second kappa shape index (κ2) is 4.59. The Bertz CT molecular complexity index is 558. The molecule has 0 aromatic heterocycles. The first-order valence-electron chi connectivity index (χ1n) is 4.83. The first kappa shape index (κ1) is 11.7. The van der Waals surface area contributed by atoms with Crippen molar-refractivity contribution in [3.05, 3.63) is 53.1 Å². The lowest BCUT2D eigenvalue weighted by atomic mass is 10.2. The number of hydrogen-bond acceptors (Lipinski definition) is 2. The Balaban J connectivity index is 2.28. The fourth-order valence-electron chi connectivity index (χ4n) is 1.36. The van der Waals surface area contributed by atoms with Gasteiger partial charge in [-0.05, 0) is 30.3 Å². The van der Waals surface area contributed by atoms with Gasteiger partial charge < -0.3 is 11.1 Å². The monoisotopic (exact) mass is 254 g/mol. The van der Waals surface area contributed by atoms with Crippen LogP contribution in [-0.2, 0) is 0 Å². The summed E-state index contributed by atoms with van der Waals surface area (Å²) >= 11 is 5.94. The quantitative estimate of drug-likeness (QED) is 0.797. The molecular formula is C12H9ClF2N2. The van der Waals surface area contributed by atoms with Gasteiger partial charge >= 0.3 is 0 Å². The molecule has 0 radical (unpaired) electrons. The van der Waals surface area contributed by atoms with E-state index >= 15 is 0 Å². The summed E-state index contributed by atoms with van der Waals surface area (Å²) in [6.07, 6.45) is 0. The minimum absolute atomic E-state index is 0.412. The van der Waals surface area contributed by atoms with Crippen LogP contribution in [0.15, 0.2) is 36.4 Å². The highest BCUT2D eigenvalue weighted by atomic mass is 35.5. The normalized spacial score (nSPS) is 10.3. The van der Waals surface area contributed by atoms with Crippen molar-refractivity contribution in [1.29, 1.82) is 0 Å². The van der Waals surface area contributed by atoms with E-state index in [9.17, 15) is 8.78 Å². The molecule has 0 fully saturated rings. The van der Waals surface area contributed by atoms with E-state index in [-0.39, 0.29) is 0 Å². The molecule has 3 N–H and O–H groups in total. The van der Waals surface area contributed by atoms with Crippen molar-refractivity contribution in [1.82, 2.24) is 0 Å². The zero-order valence-corrected chi connectivity index (χ0v) is 9.43. The van der Waals surface area contributed by atoms with Crippen molar-refractivity contribution < 1.29 is 8.78 Å². The first-order chi connectivity index (χ1) is 8.06. The van der Waals surface area contributed by atoms with Gasteiger partial charge in [-0.15, -0.1) is 0 Å². The number of benzene rings is 2. The maximum Gasteiger partial charge on any atom is 0.160 e. The minimum Gasteiger partial charge on any atom is -0.399 e. The van der Waals surface area contributed by atoms with Crippen LogP contribution in [0.2, 0.25) is 5.02 Å². The summed E-state index contributed by atoms with van der Waals surface area (Å²) in [5.41, 5.74) is 7.06. The van der Waals surface area contributed by atoms with E-state index < -0.39 is 11.6 Å². The fraction of sp³-hybridized carbons (Fsp3) is 0. The van der Waals surface area contributed by atoms with E-state index in [1.54, 1.807) is 18.2 Å². The van der Waals surface area contributed by atoms with Crippen LogP contribution in [0, 0.1) is 11.6 Å². The summed E-state index contributed by atoms with van der Waals surface area (Å²) in [6.45, 7) is 0. The van der Waals surface area contributed by atoms with Crippen molar-refractivity contribution in [2.24, 2.45) is 0 Å². The molecule has 0 spiro atoms. The van der Waals surface area contributed by atoms with Gasteiger partial charge in [-0.3, -0.25) is 0 Å². The molecule has 2 aromatic carbocycles. The molecule has 5 heteroatoms. The summed E-state index contributed by atoms with van der Waals surface area (Å²) in [4.78, 5) is 0. The molecule has 0 aliphatic heterocycles. The summed E-state index contributed by atoms with van der Waals surface area (Å²) < 4.78 is 25.7. The molecule has 2 aromatic rings. The molecule has 17 heavy (non-hydrogen) atoms. The highest BCUT2D eigenvalue weighted by molar-refractivity contribution is 6.33.